The van der Waals surface area contributed by atoms with Crippen LogP contribution in [0.1, 0.15) is 32.5 Å². The normalized spacial score (nSPS) is 15.9. The highest BCUT2D eigenvalue weighted by Crippen LogP contribution is 2.49. The number of aromatic carboxylic acids is 1. The van der Waals surface area contributed by atoms with Crippen LogP contribution in [-0.4, -0.2) is 17.0 Å². The van der Waals surface area contributed by atoms with E-state index in [4.69, 9.17) is 0 Å². The number of carboxylic acid groups (broad SMARTS) is 1. The largest absolute Gasteiger partial charge is 0.477 e. The van der Waals surface area contributed by atoms with Crippen molar-refractivity contribution in [2.24, 2.45) is 0 Å². The minimum atomic E-state index is -1.10. The van der Waals surface area contributed by atoms with E-state index < -0.39 is 11.8 Å². The van der Waals surface area contributed by atoms with Crippen molar-refractivity contribution < 1.29 is 19.1 Å². The molecule has 2 heterocycles. The van der Waals surface area contributed by atoms with Crippen molar-refractivity contribution in [1.82, 2.24) is 0 Å². The van der Waals surface area contributed by atoms with Crippen LogP contribution in [0.4, 0.5) is 10.1 Å². The third kappa shape index (κ3) is 3.28. The Hall–Kier alpha value is -2.51. The first-order chi connectivity index (χ1) is 12.9. The standard InChI is InChI=1S/C20H13BrFNO3S/c21-12-6-4-10(5-7-12)14-9-15(24)23-17-16(11-2-1-3-13(22)8-11)19(20(25)26)27-18(14)17/h1-8,14H,9H2,(H,23,24)(H,25,26)/t14-/m0/s1. The van der Waals surface area contributed by atoms with E-state index in [0.29, 0.717) is 16.8 Å². The van der Waals surface area contributed by atoms with Gasteiger partial charge in [-0.1, -0.05) is 40.2 Å². The minimum absolute atomic E-state index is 0.0925. The first kappa shape index (κ1) is 17.9. The summed E-state index contributed by atoms with van der Waals surface area (Å²) in [6, 6.07) is 13.4. The summed E-state index contributed by atoms with van der Waals surface area (Å²) in [5.41, 5.74) is 2.18. The molecule has 1 amide bonds. The summed E-state index contributed by atoms with van der Waals surface area (Å²) in [6.07, 6.45) is 0.233. The molecule has 0 spiro atoms. The third-order valence-corrected chi connectivity index (χ3v) is 6.31. The molecule has 0 saturated carbocycles. The lowest BCUT2D eigenvalue weighted by Gasteiger charge is -2.24. The maximum Gasteiger partial charge on any atom is 0.346 e. The molecule has 0 radical (unpaired) electrons. The van der Waals surface area contributed by atoms with Crippen molar-refractivity contribution in [3.8, 4) is 11.1 Å². The number of thiophene rings is 1. The van der Waals surface area contributed by atoms with E-state index in [9.17, 15) is 19.1 Å². The Bertz CT molecular complexity index is 1060. The Morgan fingerprint density at radius 1 is 1.22 bits per heavy atom. The molecule has 7 heteroatoms. The second-order valence-electron chi connectivity index (χ2n) is 6.22. The molecular weight excluding hydrogens is 433 g/mol. The lowest BCUT2D eigenvalue weighted by Crippen LogP contribution is -2.22. The second-order valence-corrected chi connectivity index (χ2v) is 8.19. The Morgan fingerprint density at radius 3 is 2.63 bits per heavy atom. The number of halogens is 2. The number of carboxylic acids is 1. The molecule has 27 heavy (non-hydrogen) atoms. The van der Waals surface area contributed by atoms with Gasteiger partial charge in [-0.25, -0.2) is 9.18 Å². The topological polar surface area (TPSA) is 66.4 Å². The predicted molar refractivity (Wildman–Crippen MR) is 106 cm³/mol. The lowest BCUT2D eigenvalue weighted by atomic mass is 9.89. The number of nitrogens with one attached hydrogen (secondary N) is 1. The Balaban J connectivity index is 1.94. The number of anilines is 1. The summed E-state index contributed by atoms with van der Waals surface area (Å²) in [5, 5.41) is 12.5. The molecule has 3 aromatic rings. The van der Waals surface area contributed by atoms with Crippen LogP contribution < -0.4 is 5.32 Å². The van der Waals surface area contributed by atoms with Crippen LogP contribution in [0, 0.1) is 5.82 Å². The summed E-state index contributed by atoms with van der Waals surface area (Å²) in [6.45, 7) is 0. The quantitative estimate of drug-likeness (QED) is 0.559. The zero-order valence-electron chi connectivity index (χ0n) is 13.8. The average Bonchev–Trinajstić information content (AvgIpc) is 3.01. The Labute approximate surface area is 166 Å². The van der Waals surface area contributed by atoms with Crippen molar-refractivity contribution in [1.29, 1.82) is 0 Å². The smallest absolute Gasteiger partial charge is 0.346 e. The number of carbonyl (C=O) groups is 2. The third-order valence-electron chi connectivity index (χ3n) is 4.49. The average molecular weight is 446 g/mol. The number of rotatable bonds is 3. The number of carbonyl (C=O) groups excluding carboxylic acids is 1. The van der Waals surface area contributed by atoms with E-state index in [1.807, 2.05) is 24.3 Å². The summed E-state index contributed by atoms with van der Waals surface area (Å²) < 4.78 is 14.7. The Morgan fingerprint density at radius 2 is 1.96 bits per heavy atom. The second kappa shape index (κ2) is 6.90. The predicted octanol–water partition coefficient (Wildman–Crippen LogP) is 5.49. The van der Waals surface area contributed by atoms with Crippen molar-refractivity contribution >= 4 is 44.8 Å². The molecule has 4 nitrogen and oxygen atoms in total. The lowest BCUT2D eigenvalue weighted by molar-refractivity contribution is -0.116. The van der Waals surface area contributed by atoms with Crippen LogP contribution >= 0.6 is 27.3 Å². The van der Waals surface area contributed by atoms with Gasteiger partial charge in [0, 0.05) is 27.3 Å². The molecule has 2 aromatic carbocycles. The van der Waals surface area contributed by atoms with Gasteiger partial charge in [0.1, 0.15) is 10.7 Å². The zero-order valence-corrected chi connectivity index (χ0v) is 16.2. The molecule has 0 aliphatic carbocycles. The monoisotopic (exact) mass is 445 g/mol. The van der Waals surface area contributed by atoms with Crippen molar-refractivity contribution in [3.05, 3.63) is 74.1 Å². The van der Waals surface area contributed by atoms with Crippen molar-refractivity contribution in [2.45, 2.75) is 12.3 Å². The molecule has 0 fully saturated rings. The van der Waals surface area contributed by atoms with Gasteiger partial charge in [0.05, 0.1) is 5.69 Å². The molecule has 1 aliphatic heterocycles. The van der Waals surface area contributed by atoms with Crippen LogP contribution in [0.5, 0.6) is 0 Å². The zero-order chi connectivity index (χ0) is 19.1. The Kier molecular flexibility index (Phi) is 4.57. The summed E-state index contributed by atoms with van der Waals surface area (Å²) in [4.78, 5) is 25.1. The van der Waals surface area contributed by atoms with Crippen molar-refractivity contribution in [3.63, 3.8) is 0 Å². The van der Waals surface area contributed by atoms with Gasteiger partial charge in [-0.05, 0) is 35.4 Å². The molecule has 0 bridgehead atoms. The van der Waals surface area contributed by atoms with E-state index in [1.165, 1.54) is 18.2 Å². The molecule has 1 atom stereocenters. The highest BCUT2D eigenvalue weighted by Gasteiger charge is 2.34. The number of benzene rings is 2. The first-order valence-corrected chi connectivity index (χ1v) is 9.76. The van der Waals surface area contributed by atoms with Gasteiger partial charge < -0.3 is 10.4 Å². The van der Waals surface area contributed by atoms with E-state index in [0.717, 1.165) is 26.3 Å². The number of hydrogen-bond acceptors (Lipinski definition) is 3. The highest BCUT2D eigenvalue weighted by atomic mass is 79.9. The summed E-state index contributed by atoms with van der Waals surface area (Å²) in [5.74, 6) is -2.00. The molecule has 1 aliphatic rings. The van der Waals surface area contributed by atoms with Gasteiger partial charge >= 0.3 is 5.97 Å². The van der Waals surface area contributed by atoms with Crippen LogP contribution in [0.25, 0.3) is 11.1 Å². The van der Waals surface area contributed by atoms with Gasteiger partial charge in [-0.3, -0.25) is 4.79 Å². The van der Waals surface area contributed by atoms with Crippen LogP contribution in [0.15, 0.2) is 53.0 Å². The van der Waals surface area contributed by atoms with Gasteiger partial charge in [0.2, 0.25) is 5.91 Å². The fourth-order valence-electron chi connectivity index (χ4n) is 3.32. The number of fused-ring (bicyclic) bond motifs is 1. The van der Waals surface area contributed by atoms with E-state index >= 15 is 0 Å². The maximum atomic E-state index is 13.7. The molecule has 136 valence electrons. The first-order valence-electron chi connectivity index (χ1n) is 8.15. The van der Waals surface area contributed by atoms with Crippen LogP contribution in [0.2, 0.25) is 0 Å². The van der Waals surface area contributed by atoms with E-state index in [-0.39, 0.29) is 23.1 Å². The van der Waals surface area contributed by atoms with Crippen LogP contribution in [0.3, 0.4) is 0 Å². The SMILES string of the molecule is O=C1C[C@@H](c2ccc(Br)cc2)c2sc(C(=O)O)c(-c3cccc(F)c3)c2N1. The number of amides is 1. The van der Waals surface area contributed by atoms with E-state index in [2.05, 4.69) is 21.2 Å². The van der Waals surface area contributed by atoms with Gasteiger partial charge in [0.25, 0.3) is 0 Å². The maximum absolute atomic E-state index is 13.7. The summed E-state index contributed by atoms with van der Waals surface area (Å²) in [7, 11) is 0. The van der Waals surface area contributed by atoms with Crippen molar-refractivity contribution in [2.75, 3.05) is 5.32 Å². The van der Waals surface area contributed by atoms with E-state index in [1.54, 1.807) is 6.07 Å². The fourth-order valence-corrected chi connectivity index (χ4v) is 4.83. The number of hydrogen-bond donors (Lipinski definition) is 2. The van der Waals surface area contributed by atoms with Crippen LogP contribution in [-0.2, 0) is 4.79 Å². The highest BCUT2D eigenvalue weighted by molar-refractivity contribution is 9.10. The molecular formula is C20H13BrFNO3S. The molecule has 4 rings (SSSR count). The molecule has 0 saturated heterocycles. The van der Waals surface area contributed by atoms with Gasteiger partial charge in [-0.2, -0.15) is 0 Å². The summed E-state index contributed by atoms with van der Waals surface area (Å²) >= 11 is 4.53. The van der Waals surface area contributed by atoms with Gasteiger partial charge in [0.15, 0.2) is 0 Å². The minimum Gasteiger partial charge on any atom is -0.477 e. The molecule has 1 aromatic heterocycles. The molecule has 0 unspecified atom stereocenters. The fraction of sp³-hybridized carbons (Fsp3) is 0.100. The van der Waals surface area contributed by atoms with Gasteiger partial charge in [-0.15, -0.1) is 11.3 Å². The molecule has 2 N–H and O–H groups in total.